The highest BCUT2D eigenvalue weighted by Gasteiger charge is 2.57. The molecule has 8 heteroatoms. The summed E-state index contributed by atoms with van der Waals surface area (Å²) >= 11 is 0. The molecule has 0 saturated heterocycles. The fourth-order valence-electron chi connectivity index (χ4n) is 0.676. The second kappa shape index (κ2) is 5.95. The van der Waals surface area contributed by atoms with Gasteiger partial charge in [-0.15, -0.1) is 0 Å². The van der Waals surface area contributed by atoms with Gasteiger partial charge in [0.25, 0.3) is 0 Å². The van der Waals surface area contributed by atoms with Crippen molar-refractivity contribution in [1.82, 2.24) is 0 Å². The van der Waals surface area contributed by atoms with Crippen LogP contribution < -0.4 is 0 Å². The van der Waals surface area contributed by atoms with E-state index in [0.717, 1.165) is 0 Å². The van der Waals surface area contributed by atoms with E-state index in [2.05, 4.69) is 16.1 Å². The zero-order valence-corrected chi connectivity index (χ0v) is 8.94. The van der Waals surface area contributed by atoms with Crippen molar-refractivity contribution in [2.45, 2.75) is 19.0 Å². The highest BCUT2D eigenvalue weighted by molar-refractivity contribution is 5.87. The van der Waals surface area contributed by atoms with Gasteiger partial charge in [0.15, 0.2) is 0 Å². The van der Waals surface area contributed by atoms with Crippen molar-refractivity contribution in [3.63, 3.8) is 0 Å². The van der Waals surface area contributed by atoms with Gasteiger partial charge in [0.05, 0.1) is 18.8 Å². The third-order valence-electron chi connectivity index (χ3n) is 1.54. The highest BCUT2D eigenvalue weighted by atomic mass is 19.4. The molecule has 0 N–H and O–H groups in total. The lowest BCUT2D eigenvalue weighted by Gasteiger charge is -2.19. The minimum absolute atomic E-state index is 0.0383. The summed E-state index contributed by atoms with van der Waals surface area (Å²) in [5.74, 6) is -5.86. The molecule has 0 radical (unpaired) electrons. The molecule has 0 fully saturated rings. The van der Waals surface area contributed by atoms with Gasteiger partial charge in [0.1, 0.15) is 6.61 Å². The molecular weight excluding hydrogens is 251 g/mol. The molecule has 0 aromatic carbocycles. The van der Waals surface area contributed by atoms with Crippen LogP contribution in [0.5, 0.6) is 0 Å². The average molecular weight is 262 g/mol. The minimum Gasteiger partial charge on any atom is -0.463 e. The molecule has 0 aliphatic rings. The van der Waals surface area contributed by atoms with E-state index in [1.807, 2.05) is 0 Å². The van der Waals surface area contributed by atoms with Gasteiger partial charge in [0.2, 0.25) is 0 Å². The molecule has 3 nitrogen and oxygen atoms in total. The van der Waals surface area contributed by atoms with Crippen molar-refractivity contribution >= 4 is 5.97 Å². The van der Waals surface area contributed by atoms with E-state index in [1.54, 1.807) is 0 Å². The summed E-state index contributed by atoms with van der Waals surface area (Å²) in [6.45, 7) is 2.06. The lowest BCUT2D eigenvalue weighted by Crippen LogP contribution is -2.41. The summed E-state index contributed by atoms with van der Waals surface area (Å²) in [5.41, 5.74) is -0.329. The highest BCUT2D eigenvalue weighted by Crippen LogP contribution is 2.35. The molecular formula is C9H11F5O3. The van der Waals surface area contributed by atoms with Crippen molar-refractivity contribution in [2.75, 3.05) is 19.8 Å². The summed E-state index contributed by atoms with van der Waals surface area (Å²) in [6.07, 6.45) is -5.68. The maximum absolute atomic E-state index is 12.3. The molecule has 0 atom stereocenters. The van der Waals surface area contributed by atoms with Crippen molar-refractivity contribution in [3.8, 4) is 0 Å². The Morgan fingerprint density at radius 2 is 1.76 bits per heavy atom. The lowest BCUT2D eigenvalue weighted by atomic mass is 10.3. The van der Waals surface area contributed by atoms with Gasteiger partial charge in [-0.2, -0.15) is 22.0 Å². The fraction of sp³-hybridized carbons (Fsp3) is 0.667. The summed E-state index contributed by atoms with van der Waals surface area (Å²) < 4.78 is 68.3. The molecule has 0 unspecified atom stereocenters. The molecule has 0 amide bonds. The number of esters is 1. The molecule has 0 bridgehead atoms. The Hall–Kier alpha value is -1.18. The Kier molecular flexibility index (Phi) is 5.53. The van der Waals surface area contributed by atoms with Crippen LogP contribution in [0.1, 0.15) is 6.92 Å². The molecule has 0 heterocycles. The lowest BCUT2D eigenvalue weighted by molar-refractivity contribution is -0.296. The summed E-state index contributed by atoms with van der Waals surface area (Å²) in [7, 11) is 0. The zero-order valence-electron chi connectivity index (χ0n) is 8.94. The predicted molar refractivity (Wildman–Crippen MR) is 47.6 cm³/mol. The van der Waals surface area contributed by atoms with Crippen LogP contribution in [0.15, 0.2) is 12.2 Å². The van der Waals surface area contributed by atoms with Gasteiger partial charge in [-0.25, -0.2) is 4.79 Å². The first-order valence-corrected chi connectivity index (χ1v) is 4.49. The average Bonchev–Trinajstić information content (AvgIpc) is 2.15. The largest absolute Gasteiger partial charge is 0.463 e. The van der Waals surface area contributed by atoms with E-state index in [4.69, 9.17) is 0 Å². The molecule has 0 aromatic rings. The molecule has 0 aliphatic heterocycles. The van der Waals surface area contributed by atoms with Crippen LogP contribution in [0.4, 0.5) is 22.0 Å². The number of hydrogen-bond acceptors (Lipinski definition) is 3. The van der Waals surface area contributed by atoms with Gasteiger partial charge >= 0.3 is 18.1 Å². The molecule has 100 valence electrons. The molecule has 0 rings (SSSR count). The third kappa shape index (κ3) is 5.12. The maximum atomic E-state index is 12.3. The van der Waals surface area contributed by atoms with Gasteiger partial charge in [-0.05, 0) is 6.92 Å². The predicted octanol–water partition coefficient (Wildman–Crippen LogP) is 2.32. The van der Waals surface area contributed by atoms with Crippen molar-refractivity contribution in [1.29, 1.82) is 0 Å². The van der Waals surface area contributed by atoms with E-state index >= 15 is 0 Å². The standard InChI is InChI=1S/C9H11F5O3/c1-3-17-7(15)6(2)4-16-5-8(10,11)9(12,13)14/h2-5H2,1H3. The van der Waals surface area contributed by atoms with Crippen LogP contribution in [0.25, 0.3) is 0 Å². The maximum Gasteiger partial charge on any atom is 0.455 e. The zero-order chi connectivity index (χ0) is 13.7. The van der Waals surface area contributed by atoms with Crippen LogP contribution in [-0.2, 0) is 14.3 Å². The third-order valence-corrected chi connectivity index (χ3v) is 1.54. The molecule has 0 spiro atoms. The molecule has 0 aliphatic carbocycles. The van der Waals surface area contributed by atoms with E-state index in [0.29, 0.717) is 0 Å². The quantitative estimate of drug-likeness (QED) is 0.418. The number of ether oxygens (including phenoxy) is 2. The SMILES string of the molecule is C=C(COCC(F)(F)C(F)(F)F)C(=O)OCC. The molecule has 0 saturated carbocycles. The van der Waals surface area contributed by atoms with E-state index in [9.17, 15) is 26.7 Å². The van der Waals surface area contributed by atoms with Gasteiger partial charge in [0, 0.05) is 0 Å². The molecule has 17 heavy (non-hydrogen) atoms. The number of rotatable bonds is 6. The topological polar surface area (TPSA) is 35.5 Å². The minimum atomic E-state index is -5.68. The fourth-order valence-corrected chi connectivity index (χ4v) is 0.676. The van der Waals surface area contributed by atoms with Crippen LogP contribution >= 0.6 is 0 Å². The normalized spacial score (nSPS) is 12.4. The first kappa shape index (κ1) is 15.8. The van der Waals surface area contributed by atoms with E-state index < -0.39 is 31.3 Å². The smallest absolute Gasteiger partial charge is 0.455 e. The van der Waals surface area contributed by atoms with Crippen molar-refractivity contribution in [2.24, 2.45) is 0 Å². The summed E-state index contributed by atoms with van der Waals surface area (Å²) in [4.78, 5) is 10.9. The monoisotopic (exact) mass is 262 g/mol. The first-order chi connectivity index (χ1) is 7.62. The number of alkyl halides is 5. The van der Waals surface area contributed by atoms with Crippen LogP contribution in [-0.4, -0.2) is 37.9 Å². The van der Waals surface area contributed by atoms with Crippen LogP contribution in [0.3, 0.4) is 0 Å². The Labute approximate surface area is 94.2 Å². The van der Waals surface area contributed by atoms with Gasteiger partial charge < -0.3 is 9.47 Å². The molecule has 0 aromatic heterocycles. The Morgan fingerprint density at radius 1 is 1.24 bits per heavy atom. The first-order valence-electron chi connectivity index (χ1n) is 4.49. The van der Waals surface area contributed by atoms with Crippen LogP contribution in [0, 0.1) is 0 Å². The number of hydrogen-bond donors (Lipinski definition) is 0. The van der Waals surface area contributed by atoms with E-state index in [1.165, 1.54) is 6.92 Å². The van der Waals surface area contributed by atoms with Crippen LogP contribution in [0.2, 0.25) is 0 Å². The second-order valence-electron chi connectivity index (χ2n) is 3.02. The van der Waals surface area contributed by atoms with Crippen molar-refractivity contribution in [3.05, 3.63) is 12.2 Å². The van der Waals surface area contributed by atoms with Gasteiger partial charge in [-0.3, -0.25) is 0 Å². The Morgan fingerprint density at radius 3 is 2.18 bits per heavy atom. The summed E-state index contributed by atoms with van der Waals surface area (Å²) in [6, 6.07) is 0. The second-order valence-corrected chi connectivity index (χ2v) is 3.02. The Bertz CT molecular complexity index is 285. The van der Waals surface area contributed by atoms with Gasteiger partial charge in [-0.1, -0.05) is 6.58 Å². The summed E-state index contributed by atoms with van der Waals surface area (Å²) in [5, 5.41) is 0. The number of carbonyl (C=O) groups excluding carboxylic acids is 1. The number of carbonyl (C=O) groups is 1. The van der Waals surface area contributed by atoms with E-state index in [-0.39, 0.29) is 12.2 Å². The van der Waals surface area contributed by atoms with Crippen molar-refractivity contribution < 1.29 is 36.2 Å². The number of halogens is 5. The Balaban J connectivity index is 4.08.